The predicted molar refractivity (Wildman–Crippen MR) is 91.2 cm³/mol. The summed E-state index contributed by atoms with van der Waals surface area (Å²) in [6.07, 6.45) is 0. The number of ether oxygens (including phenoxy) is 3. The van der Waals surface area contributed by atoms with Gasteiger partial charge in [-0.1, -0.05) is 6.07 Å². The number of rotatable bonds is 7. The van der Waals surface area contributed by atoms with E-state index in [1.165, 1.54) is 27.4 Å². The highest BCUT2D eigenvalue weighted by molar-refractivity contribution is 7.89. The van der Waals surface area contributed by atoms with E-state index in [1.54, 1.807) is 25.1 Å². The highest BCUT2D eigenvalue weighted by Gasteiger charge is 2.23. The summed E-state index contributed by atoms with van der Waals surface area (Å²) in [5.74, 6) is 0.413. The van der Waals surface area contributed by atoms with Crippen LogP contribution in [-0.2, 0) is 10.0 Å². The van der Waals surface area contributed by atoms with Crippen molar-refractivity contribution in [3.63, 3.8) is 0 Å². The molecular weight excluding hydrogens is 349 g/mol. The lowest BCUT2D eigenvalue weighted by Crippen LogP contribution is -2.27. The molecule has 0 unspecified atom stereocenters. The second-order valence-electron chi connectivity index (χ2n) is 5.25. The Bertz CT molecular complexity index is 854. The van der Waals surface area contributed by atoms with Crippen LogP contribution in [0.15, 0.2) is 41.3 Å². The minimum absolute atomic E-state index is 0.0633. The van der Waals surface area contributed by atoms with Gasteiger partial charge in [0, 0.05) is 6.04 Å². The number of sulfonamides is 1. The standard InChI is InChI=1S/C17H20FNO5S/c1-11(12-5-7-14(22-2)16(9-12)24-4)19-25(20,21)17-10-13(18)6-8-15(17)23-3/h5-11,19H,1-4H3/t11-/m1/s1. The maximum Gasteiger partial charge on any atom is 0.244 e. The van der Waals surface area contributed by atoms with Crippen LogP contribution in [0.1, 0.15) is 18.5 Å². The summed E-state index contributed by atoms with van der Waals surface area (Å²) in [5, 5.41) is 0. The van der Waals surface area contributed by atoms with Gasteiger partial charge in [-0.15, -0.1) is 0 Å². The smallest absolute Gasteiger partial charge is 0.244 e. The normalized spacial score (nSPS) is 12.5. The molecule has 0 radical (unpaired) electrons. The predicted octanol–water partition coefficient (Wildman–Crippen LogP) is 2.89. The number of methoxy groups -OCH3 is 3. The zero-order valence-electron chi connectivity index (χ0n) is 14.4. The van der Waals surface area contributed by atoms with Gasteiger partial charge in [-0.25, -0.2) is 17.5 Å². The van der Waals surface area contributed by atoms with Crippen molar-refractivity contribution in [2.75, 3.05) is 21.3 Å². The van der Waals surface area contributed by atoms with Gasteiger partial charge >= 0.3 is 0 Å². The highest BCUT2D eigenvalue weighted by Crippen LogP contribution is 2.31. The van der Waals surface area contributed by atoms with Crippen LogP contribution in [-0.4, -0.2) is 29.7 Å². The summed E-state index contributed by atoms with van der Waals surface area (Å²) < 4.78 is 56.6. The molecule has 0 fully saturated rings. The number of benzene rings is 2. The number of nitrogens with one attached hydrogen (secondary N) is 1. The second-order valence-corrected chi connectivity index (χ2v) is 6.93. The average molecular weight is 369 g/mol. The SMILES string of the molecule is COc1ccc([C@@H](C)NS(=O)(=O)c2cc(F)ccc2OC)cc1OC. The number of hydrogen-bond acceptors (Lipinski definition) is 5. The summed E-state index contributed by atoms with van der Waals surface area (Å²) in [5.41, 5.74) is 0.664. The van der Waals surface area contributed by atoms with Gasteiger partial charge in [0.05, 0.1) is 21.3 Å². The van der Waals surface area contributed by atoms with Gasteiger partial charge in [0.25, 0.3) is 0 Å². The molecule has 0 bridgehead atoms. The fraction of sp³-hybridized carbons (Fsp3) is 0.294. The van der Waals surface area contributed by atoms with Gasteiger partial charge in [0.2, 0.25) is 10.0 Å². The van der Waals surface area contributed by atoms with Crippen molar-refractivity contribution in [3.05, 3.63) is 47.8 Å². The van der Waals surface area contributed by atoms with Crippen LogP contribution in [0.2, 0.25) is 0 Å². The van der Waals surface area contributed by atoms with Crippen LogP contribution in [0.5, 0.6) is 17.2 Å². The quantitative estimate of drug-likeness (QED) is 0.812. The Morgan fingerprint density at radius 3 is 2.12 bits per heavy atom. The van der Waals surface area contributed by atoms with Crippen LogP contribution in [0.25, 0.3) is 0 Å². The van der Waals surface area contributed by atoms with Crippen molar-refractivity contribution in [1.82, 2.24) is 4.72 Å². The van der Waals surface area contributed by atoms with Crippen molar-refractivity contribution in [2.45, 2.75) is 17.9 Å². The first-order valence-corrected chi connectivity index (χ1v) is 8.88. The Hall–Kier alpha value is -2.32. The highest BCUT2D eigenvalue weighted by atomic mass is 32.2. The molecule has 1 atom stereocenters. The lowest BCUT2D eigenvalue weighted by Gasteiger charge is -2.17. The monoisotopic (exact) mass is 369 g/mol. The van der Waals surface area contributed by atoms with Crippen molar-refractivity contribution in [2.24, 2.45) is 0 Å². The van der Waals surface area contributed by atoms with E-state index in [1.807, 2.05) is 0 Å². The Balaban J connectivity index is 2.33. The molecule has 0 aliphatic rings. The van der Waals surface area contributed by atoms with E-state index in [4.69, 9.17) is 14.2 Å². The Labute approximate surface area is 146 Å². The summed E-state index contributed by atoms with van der Waals surface area (Å²) >= 11 is 0. The number of halogens is 1. The third-order valence-electron chi connectivity index (χ3n) is 3.65. The third kappa shape index (κ3) is 4.21. The van der Waals surface area contributed by atoms with E-state index >= 15 is 0 Å². The van der Waals surface area contributed by atoms with Crippen molar-refractivity contribution in [1.29, 1.82) is 0 Å². The van der Waals surface area contributed by atoms with E-state index in [9.17, 15) is 12.8 Å². The Morgan fingerprint density at radius 2 is 1.52 bits per heavy atom. The molecular formula is C17H20FNO5S. The first kappa shape index (κ1) is 19.0. The van der Waals surface area contributed by atoms with Crippen LogP contribution in [0, 0.1) is 5.82 Å². The molecule has 6 nitrogen and oxygen atoms in total. The third-order valence-corrected chi connectivity index (χ3v) is 5.22. The van der Waals surface area contributed by atoms with Gasteiger partial charge < -0.3 is 14.2 Å². The summed E-state index contributed by atoms with van der Waals surface area (Å²) in [6.45, 7) is 1.67. The van der Waals surface area contributed by atoms with Crippen molar-refractivity contribution in [3.8, 4) is 17.2 Å². The lowest BCUT2D eigenvalue weighted by atomic mass is 10.1. The first-order valence-electron chi connectivity index (χ1n) is 7.40. The maximum absolute atomic E-state index is 13.5. The van der Waals surface area contributed by atoms with Gasteiger partial charge in [0.15, 0.2) is 11.5 Å². The molecule has 8 heteroatoms. The summed E-state index contributed by atoms with van der Waals surface area (Å²) in [6, 6.07) is 7.81. The fourth-order valence-electron chi connectivity index (χ4n) is 2.35. The fourth-order valence-corrected chi connectivity index (χ4v) is 3.76. The van der Waals surface area contributed by atoms with Gasteiger partial charge in [-0.05, 0) is 42.8 Å². The molecule has 0 aromatic heterocycles. The summed E-state index contributed by atoms with van der Waals surface area (Å²) in [4.78, 5) is -0.262. The molecule has 1 N–H and O–H groups in total. The van der Waals surface area contributed by atoms with Crippen molar-refractivity contribution >= 4 is 10.0 Å². The van der Waals surface area contributed by atoms with E-state index in [0.29, 0.717) is 17.1 Å². The second kappa shape index (κ2) is 7.71. The molecule has 0 saturated heterocycles. The van der Waals surface area contributed by atoms with E-state index in [2.05, 4.69) is 4.72 Å². The molecule has 0 aliphatic carbocycles. The largest absolute Gasteiger partial charge is 0.495 e. The van der Waals surface area contributed by atoms with Gasteiger partial charge in [0.1, 0.15) is 16.5 Å². The topological polar surface area (TPSA) is 73.9 Å². The average Bonchev–Trinajstić information content (AvgIpc) is 2.60. The summed E-state index contributed by atoms with van der Waals surface area (Å²) in [7, 11) is 0.336. The molecule has 2 aromatic carbocycles. The zero-order chi connectivity index (χ0) is 18.6. The molecule has 0 aliphatic heterocycles. The number of hydrogen-bond donors (Lipinski definition) is 1. The van der Waals surface area contributed by atoms with Crippen LogP contribution in [0.3, 0.4) is 0 Å². The Morgan fingerprint density at radius 1 is 0.920 bits per heavy atom. The van der Waals surface area contributed by atoms with E-state index in [-0.39, 0.29) is 10.6 Å². The molecule has 0 spiro atoms. The first-order chi connectivity index (χ1) is 11.8. The molecule has 2 aromatic rings. The van der Waals surface area contributed by atoms with Gasteiger partial charge in [-0.3, -0.25) is 0 Å². The van der Waals surface area contributed by atoms with Crippen LogP contribution >= 0.6 is 0 Å². The molecule has 0 heterocycles. The van der Waals surface area contributed by atoms with E-state index < -0.39 is 21.9 Å². The van der Waals surface area contributed by atoms with Gasteiger partial charge in [-0.2, -0.15) is 0 Å². The molecule has 25 heavy (non-hydrogen) atoms. The van der Waals surface area contributed by atoms with Crippen LogP contribution < -0.4 is 18.9 Å². The Kier molecular flexibility index (Phi) is 5.86. The lowest BCUT2D eigenvalue weighted by molar-refractivity contribution is 0.354. The van der Waals surface area contributed by atoms with Crippen molar-refractivity contribution < 1.29 is 27.0 Å². The minimum Gasteiger partial charge on any atom is -0.495 e. The molecule has 2 rings (SSSR count). The molecule has 0 amide bonds. The van der Waals surface area contributed by atoms with Crippen LogP contribution in [0.4, 0.5) is 4.39 Å². The maximum atomic E-state index is 13.5. The molecule has 136 valence electrons. The zero-order valence-corrected chi connectivity index (χ0v) is 15.2. The minimum atomic E-state index is -4.00. The molecule has 0 saturated carbocycles. The van der Waals surface area contributed by atoms with E-state index in [0.717, 1.165) is 12.1 Å².